The highest BCUT2D eigenvalue weighted by atomic mass is 16.6. The van der Waals surface area contributed by atoms with Crippen LogP contribution in [0.1, 0.15) is 31.7 Å². The maximum Gasteiger partial charge on any atom is 0.270 e. The highest BCUT2D eigenvalue weighted by molar-refractivity contribution is 5.44. The van der Waals surface area contributed by atoms with Gasteiger partial charge in [0.15, 0.2) is 0 Å². The Labute approximate surface area is 118 Å². The number of hydrogen-bond donors (Lipinski definition) is 1. The summed E-state index contributed by atoms with van der Waals surface area (Å²) in [4.78, 5) is 10.5. The Kier molecular flexibility index (Phi) is 5.12. The van der Waals surface area contributed by atoms with Gasteiger partial charge < -0.3 is 10.1 Å². The fraction of sp³-hybridized carbons (Fsp3) is 0.467. The van der Waals surface area contributed by atoms with E-state index in [1.54, 1.807) is 12.1 Å². The molecule has 0 heterocycles. The van der Waals surface area contributed by atoms with Crippen molar-refractivity contribution in [3.8, 4) is 5.75 Å². The number of non-ortho nitro benzene ring substituents is 1. The van der Waals surface area contributed by atoms with Crippen molar-refractivity contribution in [2.45, 2.75) is 38.8 Å². The van der Waals surface area contributed by atoms with Gasteiger partial charge in [-0.3, -0.25) is 10.1 Å². The van der Waals surface area contributed by atoms with Crippen molar-refractivity contribution in [2.75, 3.05) is 6.54 Å². The fourth-order valence-corrected chi connectivity index (χ4v) is 2.23. The Balaban J connectivity index is 2.18. The quantitative estimate of drug-likeness (QED) is 0.492. The van der Waals surface area contributed by atoms with E-state index in [-0.39, 0.29) is 16.7 Å². The van der Waals surface area contributed by atoms with E-state index in [0.717, 1.165) is 37.1 Å². The third-order valence-electron chi connectivity index (χ3n) is 3.31. The minimum absolute atomic E-state index is 0.0746. The van der Waals surface area contributed by atoms with E-state index in [0.29, 0.717) is 6.54 Å². The standard InChI is InChI=1S/C15H20N2O3/c1-2-16-11-12-10-13(17(18)19)8-9-15(12)20-14-6-4-3-5-7-14/h4,6,8-10,14,16H,2-3,5,7,11H2,1H3. The van der Waals surface area contributed by atoms with Crippen LogP contribution in [0.2, 0.25) is 0 Å². The van der Waals surface area contributed by atoms with Crippen molar-refractivity contribution in [2.24, 2.45) is 0 Å². The number of hydrogen-bond acceptors (Lipinski definition) is 4. The summed E-state index contributed by atoms with van der Waals surface area (Å²) in [7, 11) is 0. The van der Waals surface area contributed by atoms with E-state index >= 15 is 0 Å². The van der Waals surface area contributed by atoms with E-state index in [1.807, 2.05) is 6.92 Å². The van der Waals surface area contributed by atoms with Gasteiger partial charge in [-0.15, -0.1) is 0 Å². The fourth-order valence-electron chi connectivity index (χ4n) is 2.23. The molecule has 0 aromatic heterocycles. The first-order chi connectivity index (χ1) is 9.70. The summed E-state index contributed by atoms with van der Waals surface area (Å²) in [6, 6.07) is 4.79. The number of nitro groups is 1. The molecule has 1 atom stereocenters. The van der Waals surface area contributed by atoms with Crippen LogP contribution < -0.4 is 10.1 Å². The zero-order valence-electron chi connectivity index (χ0n) is 11.7. The van der Waals surface area contributed by atoms with Gasteiger partial charge in [0.2, 0.25) is 0 Å². The van der Waals surface area contributed by atoms with Gasteiger partial charge in [-0.25, -0.2) is 0 Å². The molecule has 0 amide bonds. The van der Waals surface area contributed by atoms with Gasteiger partial charge in [-0.1, -0.05) is 13.0 Å². The van der Waals surface area contributed by atoms with E-state index in [9.17, 15) is 10.1 Å². The lowest BCUT2D eigenvalue weighted by Crippen LogP contribution is -2.18. The van der Waals surface area contributed by atoms with Gasteiger partial charge in [-0.2, -0.15) is 0 Å². The van der Waals surface area contributed by atoms with Gasteiger partial charge in [0.1, 0.15) is 11.9 Å². The molecule has 1 unspecified atom stereocenters. The second-order valence-electron chi connectivity index (χ2n) is 4.84. The number of nitro benzene ring substituents is 1. The number of allylic oxidation sites excluding steroid dienone is 1. The molecule has 108 valence electrons. The second kappa shape index (κ2) is 7.05. The number of ether oxygens (including phenoxy) is 1. The van der Waals surface area contributed by atoms with Crippen LogP contribution in [0.4, 0.5) is 5.69 Å². The maximum atomic E-state index is 10.9. The monoisotopic (exact) mass is 276 g/mol. The van der Waals surface area contributed by atoms with Crippen LogP contribution in [0.5, 0.6) is 5.75 Å². The van der Waals surface area contributed by atoms with Crippen molar-refractivity contribution >= 4 is 5.69 Å². The minimum atomic E-state index is -0.375. The average molecular weight is 276 g/mol. The molecule has 5 nitrogen and oxygen atoms in total. The smallest absolute Gasteiger partial charge is 0.270 e. The molecule has 0 bridgehead atoms. The molecule has 0 radical (unpaired) electrons. The van der Waals surface area contributed by atoms with Crippen molar-refractivity contribution in [3.63, 3.8) is 0 Å². The van der Waals surface area contributed by atoms with Gasteiger partial charge >= 0.3 is 0 Å². The summed E-state index contributed by atoms with van der Waals surface area (Å²) in [6.45, 7) is 3.39. The third kappa shape index (κ3) is 3.81. The molecule has 1 aliphatic rings. The Morgan fingerprint density at radius 1 is 1.50 bits per heavy atom. The molecule has 1 aliphatic carbocycles. The van der Waals surface area contributed by atoms with Gasteiger partial charge in [-0.05, 0) is 37.9 Å². The normalized spacial score (nSPS) is 17.9. The summed E-state index contributed by atoms with van der Waals surface area (Å²) < 4.78 is 5.97. The third-order valence-corrected chi connectivity index (χ3v) is 3.31. The van der Waals surface area contributed by atoms with Crippen LogP contribution in [0.25, 0.3) is 0 Å². The molecule has 1 aromatic carbocycles. The van der Waals surface area contributed by atoms with E-state index in [2.05, 4.69) is 17.5 Å². The molecular weight excluding hydrogens is 256 g/mol. The highest BCUT2D eigenvalue weighted by Crippen LogP contribution is 2.27. The molecule has 20 heavy (non-hydrogen) atoms. The molecule has 5 heteroatoms. The molecule has 0 saturated carbocycles. The minimum Gasteiger partial charge on any atom is -0.486 e. The van der Waals surface area contributed by atoms with Crippen LogP contribution >= 0.6 is 0 Å². The zero-order valence-corrected chi connectivity index (χ0v) is 11.7. The van der Waals surface area contributed by atoms with Crippen LogP contribution in [0.3, 0.4) is 0 Å². The van der Waals surface area contributed by atoms with Gasteiger partial charge in [0.05, 0.1) is 4.92 Å². The zero-order chi connectivity index (χ0) is 14.4. The Hall–Kier alpha value is -1.88. The Morgan fingerprint density at radius 2 is 2.35 bits per heavy atom. The van der Waals surface area contributed by atoms with E-state index < -0.39 is 0 Å². The van der Waals surface area contributed by atoms with Crippen LogP contribution in [-0.2, 0) is 6.54 Å². The molecule has 1 aromatic rings. The predicted octanol–water partition coefficient (Wildman–Crippen LogP) is 3.19. The lowest BCUT2D eigenvalue weighted by molar-refractivity contribution is -0.384. The maximum absolute atomic E-state index is 10.9. The summed E-state index contributed by atoms with van der Waals surface area (Å²) in [6.07, 6.45) is 7.49. The van der Waals surface area contributed by atoms with Crippen molar-refractivity contribution in [1.82, 2.24) is 5.32 Å². The lowest BCUT2D eigenvalue weighted by atomic mass is 10.1. The van der Waals surface area contributed by atoms with E-state index in [1.165, 1.54) is 6.07 Å². The topological polar surface area (TPSA) is 64.4 Å². The molecular formula is C15H20N2O3. The van der Waals surface area contributed by atoms with Gasteiger partial charge in [0.25, 0.3) is 5.69 Å². The summed E-state index contributed by atoms with van der Waals surface area (Å²) in [5.41, 5.74) is 0.935. The highest BCUT2D eigenvalue weighted by Gasteiger charge is 2.15. The summed E-state index contributed by atoms with van der Waals surface area (Å²) >= 11 is 0. The van der Waals surface area contributed by atoms with Crippen molar-refractivity contribution < 1.29 is 9.66 Å². The molecule has 0 fully saturated rings. The second-order valence-corrected chi connectivity index (χ2v) is 4.84. The van der Waals surface area contributed by atoms with Crippen molar-refractivity contribution in [1.29, 1.82) is 0 Å². The van der Waals surface area contributed by atoms with E-state index in [4.69, 9.17) is 4.74 Å². The predicted molar refractivity (Wildman–Crippen MR) is 77.9 cm³/mol. The first-order valence-electron chi connectivity index (χ1n) is 7.02. The van der Waals surface area contributed by atoms with Crippen LogP contribution in [0, 0.1) is 10.1 Å². The first-order valence-corrected chi connectivity index (χ1v) is 7.02. The number of rotatable bonds is 6. The summed E-state index contributed by atoms with van der Waals surface area (Å²) in [5.74, 6) is 0.730. The lowest BCUT2D eigenvalue weighted by Gasteiger charge is -2.20. The van der Waals surface area contributed by atoms with Gasteiger partial charge in [0, 0.05) is 24.2 Å². The number of nitrogens with zero attached hydrogens (tertiary/aromatic N) is 1. The number of benzene rings is 1. The molecule has 1 N–H and O–H groups in total. The molecule has 0 spiro atoms. The summed E-state index contributed by atoms with van der Waals surface area (Å²) in [5, 5.41) is 14.0. The largest absolute Gasteiger partial charge is 0.486 e. The molecule has 0 aliphatic heterocycles. The van der Waals surface area contributed by atoms with Crippen molar-refractivity contribution in [3.05, 3.63) is 46.0 Å². The SMILES string of the molecule is CCNCc1cc([N+](=O)[O-])ccc1OC1C=CCCC1. The number of nitrogens with one attached hydrogen (secondary N) is 1. The van der Waals surface area contributed by atoms with Crippen LogP contribution in [0.15, 0.2) is 30.4 Å². The Morgan fingerprint density at radius 3 is 3.00 bits per heavy atom. The first kappa shape index (κ1) is 14.5. The van der Waals surface area contributed by atoms with Crippen LogP contribution in [-0.4, -0.2) is 17.6 Å². The Bertz CT molecular complexity index is 500. The molecule has 2 rings (SSSR count). The molecule has 0 saturated heterocycles. The average Bonchev–Trinajstić information content (AvgIpc) is 2.47.